The molecular weight excluding hydrogens is 252 g/mol. The van der Waals surface area contributed by atoms with E-state index in [1.54, 1.807) is 6.07 Å². The van der Waals surface area contributed by atoms with Gasteiger partial charge in [0.25, 0.3) is 0 Å². The van der Waals surface area contributed by atoms with Crippen molar-refractivity contribution in [1.29, 1.82) is 0 Å². The Labute approximate surface area is 109 Å². The largest absolute Gasteiger partial charge is 0.481 e. The molecule has 3 rings (SSSR count). The van der Waals surface area contributed by atoms with E-state index >= 15 is 0 Å². The standard InChI is InChI=1S/C14H11ClO3/c15-9-3-1-2-8(6-9)12-4-5-13(18-12)10-7-11(10)14(16)17/h1-6,10-11H,7H2,(H,16,17). The highest BCUT2D eigenvalue weighted by Crippen LogP contribution is 2.48. The van der Waals surface area contributed by atoms with Gasteiger partial charge in [-0.2, -0.15) is 0 Å². The first kappa shape index (κ1) is 11.4. The fourth-order valence-electron chi connectivity index (χ4n) is 2.13. The first-order chi connectivity index (χ1) is 8.65. The van der Waals surface area contributed by atoms with Gasteiger partial charge in [-0.25, -0.2) is 0 Å². The van der Waals surface area contributed by atoms with Gasteiger partial charge in [0, 0.05) is 16.5 Å². The van der Waals surface area contributed by atoms with Gasteiger partial charge in [0.15, 0.2) is 0 Å². The number of benzene rings is 1. The molecule has 18 heavy (non-hydrogen) atoms. The van der Waals surface area contributed by atoms with Crippen LogP contribution in [-0.2, 0) is 4.79 Å². The second-order valence-electron chi connectivity index (χ2n) is 4.50. The smallest absolute Gasteiger partial charge is 0.307 e. The van der Waals surface area contributed by atoms with Crippen molar-refractivity contribution < 1.29 is 14.3 Å². The van der Waals surface area contributed by atoms with Gasteiger partial charge in [0.05, 0.1) is 5.92 Å². The van der Waals surface area contributed by atoms with Gasteiger partial charge in [0.1, 0.15) is 11.5 Å². The Hall–Kier alpha value is -1.74. The first-order valence-corrected chi connectivity index (χ1v) is 6.11. The number of hydrogen-bond acceptors (Lipinski definition) is 2. The predicted octanol–water partition coefficient (Wildman–Crippen LogP) is 3.79. The van der Waals surface area contributed by atoms with Crippen LogP contribution in [0.15, 0.2) is 40.8 Å². The molecule has 2 aromatic rings. The van der Waals surface area contributed by atoms with Crippen molar-refractivity contribution in [2.45, 2.75) is 12.3 Å². The van der Waals surface area contributed by atoms with E-state index in [4.69, 9.17) is 21.1 Å². The molecule has 1 N–H and O–H groups in total. The molecule has 4 heteroatoms. The third-order valence-corrected chi connectivity index (χ3v) is 3.44. The molecule has 0 aliphatic heterocycles. The molecule has 1 aromatic heterocycles. The number of carboxylic acids is 1. The molecule has 92 valence electrons. The fourth-order valence-corrected chi connectivity index (χ4v) is 2.32. The third-order valence-electron chi connectivity index (χ3n) is 3.21. The van der Waals surface area contributed by atoms with Gasteiger partial charge in [-0.3, -0.25) is 4.79 Å². The van der Waals surface area contributed by atoms with Crippen molar-refractivity contribution in [2.24, 2.45) is 5.92 Å². The van der Waals surface area contributed by atoms with Crippen molar-refractivity contribution in [1.82, 2.24) is 0 Å². The van der Waals surface area contributed by atoms with Crippen LogP contribution >= 0.6 is 11.6 Å². The summed E-state index contributed by atoms with van der Waals surface area (Å²) >= 11 is 5.92. The zero-order valence-electron chi connectivity index (χ0n) is 9.47. The number of aliphatic carboxylic acids is 1. The van der Waals surface area contributed by atoms with Gasteiger partial charge in [0.2, 0.25) is 0 Å². The van der Waals surface area contributed by atoms with E-state index < -0.39 is 5.97 Å². The van der Waals surface area contributed by atoms with E-state index in [9.17, 15) is 4.79 Å². The summed E-state index contributed by atoms with van der Waals surface area (Å²) in [6.45, 7) is 0. The van der Waals surface area contributed by atoms with Crippen LogP contribution in [0.5, 0.6) is 0 Å². The molecule has 0 bridgehead atoms. The van der Waals surface area contributed by atoms with Crippen LogP contribution in [0.25, 0.3) is 11.3 Å². The summed E-state index contributed by atoms with van der Waals surface area (Å²) in [5.41, 5.74) is 0.904. The lowest BCUT2D eigenvalue weighted by Gasteiger charge is -1.97. The van der Waals surface area contributed by atoms with E-state index in [-0.39, 0.29) is 11.8 Å². The lowest BCUT2D eigenvalue weighted by atomic mass is 10.2. The summed E-state index contributed by atoms with van der Waals surface area (Å²) < 4.78 is 5.71. The summed E-state index contributed by atoms with van der Waals surface area (Å²) in [7, 11) is 0. The maximum absolute atomic E-state index is 10.8. The van der Waals surface area contributed by atoms with Gasteiger partial charge < -0.3 is 9.52 Å². The molecule has 3 nitrogen and oxygen atoms in total. The summed E-state index contributed by atoms with van der Waals surface area (Å²) in [6, 6.07) is 11.1. The topological polar surface area (TPSA) is 50.4 Å². The van der Waals surface area contributed by atoms with E-state index in [1.165, 1.54) is 0 Å². The predicted molar refractivity (Wildman–Crippen MR) is 67.6 cm³/mol. The van der Waals surface area contributed by atoms with Crippen molar-refractivity contribution in [3.05, 3.63) is 47.2 Å². The minimum atomic E-state index is -0.749. The minimum Gasteiger partial charge on any atom is -0.481 e. The number of furan rings is 1. The van der Waals surface area contributed by atoms with E-state index in [1.807, 2.05) is 30.3 Å². The molecule has 0 saturated heterocycles. The quantitative estimate of drug-likeness (QED) is 0.916. The lowest BCUT2D eigenvalue weighted by Crippen LogP contribution is -1.98. The monoisotopic (exact) mass is 262 g/mol. The summed E-state index contributed by atoms with van der Waals surface area (Å²) in [4.78, 5) is 10.8. The van der Waals surface area contributed by atoms with Crippen LogP contribution in [0, 0.1) is 5.92 Å². The third kappa shape index (κ3) is 2.02. The molecule has 0 radical (unpaired) electrons. The van der Waals surface area contributed by atoms with Crippen molar-refractivity contribution in [3.63, 3.8) is 0 Å². The average molecular weight is 263 g/mol. The zero-order valence-corrected chi connectivity index (χ0v) is 10.2. The molecular formula is C14H11ClO3. The number of rotatable bonds is 3. The molecule has 0 amide bonds. The molecule has 1 aliphatic rings. The lowest BCUT2D eigenvalue weighted by molar-refractivity contribution is -0.138. The molecule has 1 heterocycles. The summed E-state index contributed by atoms with van der Waals surface area (Å²) in [5.74, 6) is 0.459. The Balaban J connectivity index is 1.84. The van der Waals surface area contributed by atoms with Gasteiger partial charge in [-0.05, 0) is 30.7 Å². The fraction of sp³-hybridized carbons (Fsp3) is 0.214. The highest BCUT2D eigenvalue weighted by molar-refractivity contribution is 6.30. The van der Waals surface area contributed by atoms with E-state index in [0.717, 1.165) is 17.1 Å². The van der Waals surface area contributed by atoms with Crippen LogP contribution in [0.4, 0.5) is 0 Å². The number of carboxylic acid groups (broad SMARTS) is 1. The van der Waals surface area contributed by atoms with Crippen LogP contribution < -0.4 is 0 Å². The molecule has 1 saturated carbocycles. The van der Waals surface area contributed by atoms with E-state index in [2.05, 4.69) is 0 Å². The molecule has 1 aliphatic carbocycles. The highest BCUT2D eigenvalue weighted by atomic mass is 35.5. The van der Waals surface area contributed by atoms with Crippen molar-refractivity contribution in [3.8, 4) is 11.3 Å². The second kappa shape index (κ2) is 4.18. The van der Waals surface area contributed by atoms with Gasteiger partial charge >= 0.3 is 5.97 Å². The summed E-state index contributed by atoms with van der Waals surface area (Å²) in [5, 5.41) is 9.54. The molecule has 2 unspecified atom stereocenters. The van der Waals surface area contributed by atoms with Crippen LogP contribution in [-0.4, -0.2) is 11.1 Å². The number of carbonyl (C=O) groups is 1. The summed E-state index contributed by atoms with van der Waals surface area (Å²) in [6.07, 6.45) is 0.665. The molecule has 0 spiro atoms. The molecule has 1 aromatic carbocycles. The number of hydrogen-bond donors (Lipinski definition) is 1. The van der Waals surface area contributed by atoms with Gasteiger partial charge in [-0.15, -0.1) is 0 Å². The minimum absolute atomic E-state index is 0.0236. The van der Waals surface area contributed by atoms with Gasteiger partial charge in [-0.1, -0.05) is 23.7 Å². The van der Waals surface area contributed by atoms with Crippen molar-refractivity contribution >= 4 is 17.6 Å². The Kier molecular flexibility index (Phi) is 2.63. The zero-order chi connectivity index (χ0) is 12.7. The normalized spacial score (nSPS) is 21.8. The number of halogens is 1. The maximum Gasteiger partial charge on any atom is 0.307 e. The second-order valence-corrected chi connectivity index (χ2v) is 4.94. The van der Waals surface area contributed by atoms with Crippen LogP contribution in [0.1, 0.15) is 18.1 Å². The average Bonchev–Trinajstić information content (AvgIpc) is 3.00. The van der Waals surface area contributed by atoms with Crippen molar-refractivity contribution in [2.75, 3.05) is 0 Å². The maximum atomic E-state index is 10.8. The molecule has 1 fully saturated rings. The highest BCUT2D eigenvalue weighted by Gasteiger charge is 2.46. The van der Waals surface area contributed by atoms with Crippen LogP contribution in [0.3, 0.4) is 0 Å². The Morgan fingerprint density at radius 3 is 2.83 bits per heavy atom. The Bertz CT molecular complexity index is 603. The molecule has 2 atom stereocenters. The Morgan fingerprint density at radius 2 is 2.17 bits per heavy atom. The SMILES string of the molecule is O=C(O)C1CC1c1ccc(-c2cccc(Cl)c2)o1. The Morgan fingerprint density at radius 1 is 1.33 bits per heavy atom. The van der Waals surface area contributed by atoms with E-state index in [0.29, 0.717) is 11.4 Å². The first-order valence-electron chi connectivity index (χ1n) is 5.73. The van der Waals surface area contributed by atoms with Crippen LogP contribution in [0.2, 0.25) is 5.02 Å².